The Hall–Kier alpha value is -1.30. The van der Waals surface area contributed by atoms with Crippen LogP contribution in [0, 0.1) is 6.92 Å². The summed E-state index contributed by atoms with van der Waals surface area (Å²) in [5, 5.41) is 2.80. The van der Waals surface area contributed by atoms with Crippen LogP contribution in [0.4, 0.5) is 0 Å². The predicted octanol–water partition coefficient (Wildman–Crippen LogP) is 5.76. The van der Waals surface area contributed by atoms with Crippen molar-refractivity contribution in [2.75, 3.05) is 0 Å². The molecule has 0 bridgehead atoms. The molecule has 94 valence electrons. The summed E-state index contributed by atoms with van der Waals surface area (Å²) in [5.41, 5.74) is 2.81. The van der Waals surface area contributed by atoms with Crippen molar-refractivity contribution >= 4 is 10.8 Å². The van der Waals surface area contributed by atoms with Gasteiger partial charge in [-0.3, -0.25) is 0 Å². The molecule has 17 heavy (non-hydrogen) atoms. The van der Waals surface area contributed by atoms with Crippen molar-refractivity contribution < 1.29 is 0 Å². The normalized spacial score (nSPS) is 8.82. The second-order valence-electron chi connectivity index (χ2n) is 3.44. The maximum Gasteiger partial charge on any atom is -0.0149 e. The van der Waals surface area contributed by atoms with Crippen LogP contribution in [-0.2, 0) is 6.42 Å². The van der Waals surface area contributed by atoms with Crippen LogP contribution in [0.5, 0.6) is 0 Å². The molecular weight excluding hydrogens is 204 g/mol. The summed E-state index contributed by atoms with van der Waals surface area (Å²) >= 11 is 0. The van der Waals surface area contributed by atoms with Gasteiger partial charge in [-0.05, 0) is 35.2 Å². The number of hydrogen-bond donors (Lipinski definition) is 0. The fourth-order valence-corrected chi connectivity index (χ4v) is 1.82. The van der Waals surface area contributed by atoms with E-state index in [2.05, 4.69) is 50.2 Å². The molecule has 0 N–H and O–H groups in total. The number of aryl methyl sites for hydroxylation is 2. The van der Waals surface area contributed by atoms with E-state index in [4.69, 9.17) is 0 Å². The fourth-order valence-electron chi connectivity index (χ4n) is 1.82. The highest BCUT2D eigenvalue weighted by Crippen LogP contribution is 2.22. The average Bonchev–Trinajstić information content (AvgIpc) is 2.44. The van der Waals surface area contributed by atoms with Crippen LogP contribution in [0.3, 0.4) is 0 Å². The topological polar surface area (TPSA) is 0 Å². The lowest BCUT2D eigenvalue weighted by atomic mass is 9.99. The fraction of sp³-hybridized carbons (Fsp3) is 0.412. The minimum atomic E-state index is 1.11. The third-order valence-electron chi connectivity index (χ3n) is 2.61. The van der Waals surface area contributed by atoms with Gasteiger partial charge < -0.3 is 0 Å². The van der Waals surface area contributed by atoms with Gasteiger partial charge in [0.2, 0.25) is 0 Å². The maximum atomic E-state index is 2.23. The van der Waals surface area contributed by atoms with Crippen molar-refractivity contribution in [1.82, 2.24) is 0 Å². The molecule has 0 radical (unpaired) electrons. The lowest BCUT2D eigenvalue weighted by molar-refractivity contribution is 1.16. The van der Waals surface area contributed by atoms with Gasteiger partial charge in [0.25, 0.3) is 0 Å². The van der Waals surface area contributed by atoms with Crippen molar-refractivity contribution in [2.45, 2.75) is 48.0 Å². The van der Waals surface area contributed by atoms with Crippen molar-refractivity contribution in [3.63, 3.8) is 0 Å². The molecule has 2 rings (SSSR count). The van der Waals surface area contributed by atoms with E-state index in [9.17, 15) is 0 Å². The van der Waals surface area contributed by atoms with Gasteiger partial charge in [-0.2, -0.15) is 0 Å². The van der Waals surface area contributed by atoms with Crippen molar-refractivity contribution in [1.29, 1.82) is 0 Å². The van der Waals surface area contributed by atoms with Crippen LogP contribution in [0.2, 0.25) is 0 Å². The molecule has 0 heteroatoms. The van der Waals surface area contributed by atoms with E-state index in [0.29, 0.717) is 0 Å². The van der Waals surface area contributed by atoms with E-state index in [1.165, 1.54) is 21.9 Å². The molecule has 0 nitrogen and oxygen atoms in total. The van der Waals surface area contributed by atoms with Gasteiger partial charge in [-0.25, -0.2) is 0 Å². The standard InChI is InChI=1S/C13H14.2C2H6/c1-3-11-9-8-10(2)12-6-4-5-7-13(11)12;2*1-2/h4-9H,3H2,1-2H3;2*1-2H3. The molecule has 0 saturated heterocycles. The summed E-state index contributed by atoms with van der Waals surface area (Å²) in [6.07, 6.45) is 1.11. The zero-order chi connectivity index (χ0) is 13.3. The molecular formula is C17H26. The van der Waals surface area contributed by atoms with Crippen molar-refractivity contribution in [2.24, 2.45) is 0 Å². The quantitative estimate of drug-likeness (QED) is 0.584. The Labute approximate surface area is 107 Å². The minimum absolute atomic E-state index is 1.11. The molecule has 2 aromatic carbocycles. The molecule has 0 amide bonds. The second kappa shape index (κ2) is 8.81. The van der Waals surface area contributed by atoms with Crippen molar-refractivity contribution in [3.05, 3.63) is 47.5 Å². The smallest absolute Gasteiger partial charge is 0.0149 e. The Morgan fingerprint density at radius 2 is 1.29 bits per heavy atom. The first kappa shape index (κ1) is 15.7. The monoisotopic (exact) mass is 230 g/mol. The summed E-state index contributed by atoms with van der Waals surface area (Å²) < 4.78 is 0. The first-order valence-electron chi connectivity index (χ1n) is 6.80. The van der Waals surface area contributed by atoms with Gasteiger partial charge in [0, 0.05) is 0 Å². The van der Waals surface area contributed by atoms with E-state index in [1.807, 2.05) is 27.7 Å². The summed E-state index contributed by atoms with van der Waals surface area (Å²) in [6, 6.07) is 13.1. The molecule has 0 fully saturated rings. The lowest BCUT2D eigenvalue weighted by Crippen LogP contribution is -1.85. The third kappa shape index (κ3) is 3.89. The zero-order valence-electron chi connectivity index (χ0n) is 12.2. The van der Waals surface area contributed by atoms with Gasteiger partial charge in [-0.1, -0.05) is 71.0 Å². The lowest BCUT2D eigenvalue weighted by Gasteiger charge is -2.06. The SMILES string of the molecule is CC.CC.CCc1ccc(C)c2ccccc12. The van der Waals surface area contributed by atoms with E-state index in [0.717, 1.165) is 6.42 Å². The van der Waals surface area contributed by atoms with Crippen molar-refractivity contribution in [3.8, 4) is 0 Å². The van der Waals surface area contributed by atoms with Gasteiger partial charge in [-0.15, -0.1) is 0 Å². The van der Waals surface area contributed by atoms with E-state index < -0.39 is 0 Å². The summed E-state index contributed by atoms with van der Waals surface area (Å²) in [6.45, 7) is 12.4. The van der Waals surface area contributed by atoms with Crippen LogP contribution in [0.15, 0.2) is 36.4 Å². The first-order chi connectivity index (χ1) is 8.33. The van der Waals surface area contributed by atoms with E-state index >= 15 is 0 Å². The molecule has 0 saturated carbocycles. The highest BCUT2D eigenvalue weighted by atomic mass is 14.0. The van der Waals surface area contributed by atoms with Gasteiger partial charge in [0.05, 0.1) is 0 Å². The van der Waals surface area contributed by atoms with Crippen LogP contribution >= 0.6 is 0 Å². The third-order valence-corrected chi connectivity index (χ3v) is 2.61. The minimum Gasteiger partial charge on any atom is -0.0683 e. The van der Waals surface area contributed by atoms with Crippen LogP contribution in [-0.4, -0.2) is 0 Å². The molecule has 0 spiro atoms. The maximum absolute atomic E-state index is 2.23. The Balaban J connectivity index is 0.000000581. The predicted molar refractivity (Wildman–Crippen MR) is 80.8 cm³/mol. The van der Waals surface area contributed by atoms with Crippen LogP contribution < -0.4 is 0 Å². The van der Waals surface area contributed by atoms with Gasteiger partial charge >= 0.3 is 0 Å². The molecule has 0 aliphatic rings. The Morgan fingerprint density at radius 1 is 0.765 bits per heavy atom. The van der Waals surface area contributed by atoms with Gasteiger partial charge in [0.1, 0.15) is 0 Å². The van der Waals surface area contributed by atoms with E-state index in [-0.39, 0.29) is 0 Å². The number of hydrogen-bond acceptors (Lipinski definition) is 0. The zero-order valence-corrected chi connectivity index (χ0v) is 12.2. The Bertz CT molecular complexity index is 427. The molecule has 0 unspecified atom stereocenters. The molecule has 2 aromatic rings. The number of rotatable bonds is 1. The molecule has 0 atom stereocenters. The molecule has 0 heterocycles. The second-order valence-corrected chi connectivity index (χ2v) is 3.44. The van der Waals surface area contributed by atoms with E-state index in [1.54, 1.807) is 0 Å². The summed E-state index contributed by atoms with van der Waals surface area (Å²) in [4.78, 5) is 0. The number of benzene rings is 2. The number of fused-ring (bicyclic) bond motifs is 1. The highest BCUT2D eigenvalue weighted by molar-refractivity contribution is 5.88. The largest absolute Gasteiger partial charge is 0.0683 e. The highest BCUT2D eigenvalue weighted by Gasteiger charge is 1.99. The Kier molecular flexibility index (Phi) is 8.13. The molecule has 0 aromatic heterocycles. The molecule has 0 aliphatic carbocycles. The molecule has 0 aliphatic heterocycles. The Morgan fingerprint density at radius 3 is 1.82 bits per heavy atom. The average molecular weight is 230 g/mol. The summed E-state index contributed by atoms with van der Waals surface area (Å²) in [5.74, 6) is 0. The van der Waals surface area contributed by atoms with Gasteiger partial charge in [0.15, 0.2) is 0 Å². The first-order valence-corrected chi connectivity index (χ1v) is 6.80. The van der Waals surface area contributed by atoms with Crippen LogP contribution in [0.25, 0.3) is 10.8 Å². The summed E-state index contributed by atoms with van der Waals surface area (Å²) in [7, 11) is 0. The van der Waals surface area contributed by atoms with Crippen LogP contribution in [0.1, 0.15) is 45.7 Å².